The van der Waals surface area contributed by atoms with Gasteiger partial charge in [-0.15, -0.1) is 0 Å². The normalized spacial score (nSPS) is 26.7. The molecule has 3 fully saturated rings. The molecular formula is C57H102N4O7. The van der Waals surface area contributed by atoms with Gasteiger partial charge < -0.3 is 35.1 Å². The van der Waals surface area contributed by atoms with Gasteiger partial charge in [0.15, 0.2) is 0 Å². The van der Waals surface area contributed by atoms with Crippen LogP contribution in [0.25, 0.3) is 0 Å². The maximum absolute atomic E-state index is 13.8. The van der Waals surface area contributed by atoms with E-state index in [1.54, 1.807) is 0 Å². The number of esters is 1. The summed E-state index contributed by atoms with van der Waals surface area (Å²) in [5.74, 6) is 4.70. The predicted octanol–water partition coefficient (Wildman–Crippen LogP) is 13.1. The molecule has 0 aliphatic heterocycles. The van der Waals surface area contributed by atoms with E-state index in [1.165, 1.54) is 63.4 Å². The number of hydrogen-bond acceptors (Lipinski definition) is 8. The molecule has 0 heterocycles. The van der Waals surface area contributed by atoms with Crippen LogP contribution in [0.4, 0.5) is 9.59 Å². The van der Waals surface area contributed by atoms with Crippen molar-refractivity contribution in [1.29, 1.82) is 0 Å². The highest BCUT2D eigenvalue weighted by Gasteiger charge is 2.58. The Morgan fingerprint density at radius 3 is 2.01 bits per heavy atom. The van der Waals surface area contributed by atoms with Gasteiger partial charge in [0, 0.05) is 43.4 Å². The Hall–Kier alpha value is -2.82. The lowest BCUT2D eigenvalue weighted by Crippen LogP contribution is -2.50. The molecule has 3 N–H and O–H groups in total. The fourth-order valence-corrected chi connectivity index (χ4v) is 12.9. The summed E-state index contributed by atoms with van der Waals surface area (Å²) in [5, 5.41) is 9.42. The Morgan fingerprint density at radius 2 is 1.40 bits per heavy atom. The average molecular weight is 955 g/mol. The number of rotatable bonds is 24. The molecule has 3 amide bonds. The second kappa shape index (κ2) is 24.5. The number of carbonyl (C=O) groups excluding carboxylic acids is 4. The van der Waals surface area contributed by atoms with Gasteiger partial charge >= 0.3 is 18.2 Å². The zero-order chi connectivity index (χ0) is 50.7. The standard InChI is InChI=1S/C57H102N4O7/c1-16-41(40(2)3)21-19-22-42-26-28-46-45-27-25-43-39-44(29-31-57(43,15)47(45)30-32-56(42,46)14)66-49(63)24-20-23-48(62)61(38-34-55(12,13)60-51(65)68-53(7,8)9)37-18-17-35-58-36-33-54(10,11)59-50(64)67-52(4,5)6/h25,40-42,44-47,58H,16-24,26-39H2,1-15H3,(H,59,64)(H,60,65). The second-order valence-electron chi connectivity index (χ2n) is 26.0. The van der Waals surface area contributed by atoms with E-state index in [1.807, 2.05) is 74.1 Å². The minimum absolute atomic E-state index is 0.0116. The SMILES string of the molecule is CCC(CCCC1CCC2C3CC=C4CC(OC(=O)CCCC(=O)N(CCCCNCCC(C)(C)NC(=O)OC(C)(C)C)CCC(C)(C)NC(=O)OC(C)(C)C)CCC4(C)C3CCC12C)C(C)C. The van der Waals surface area contributed by atoms with Gasteiger partial charge in [-0.05, 0) is 212 Å². The maximum atomic E-state index is 13.8. The molecule has 0 bridgehead atoms. The first kappa shape index (κ1) is 57.8. The molecule has 0 spiro atoms. The Morgan fingerprint density at radius 1 is 0.750 bits per heavy atom. The van der Waals surface area contributed by atoms with Gasteiger partial charge in [-0.1, -0.05) is 65.5 Å². The Balaban J connectivity index is 1.24. The van der Waals surface area contributed by atoms with Crippen LogP contribution in [0.1, 0.15) is 226 Å². The minimum atomic E-state index is -0.612. The zero-order valence-corrected chi connectivity index (χ0v) is 46.2. The number of unbranched alkanes of at least 4 members (excludes halogenated alkanes) is 1. The van der Waals surface area contributed by atoms with Crippen LogP contribution in [0, 0.1) is 46.3 Å². The molecule has 8 unspecified atom stereocenters. The number of hydrogen-bond donors (Lipinski definition) is 3. The smallest absolute Gasteiger partial charge is 0.408 e. The van der Waals surface area contributed by atoms with E-state index >= 15 is 0 Å². The van der Waals surface area contributed by atoms with Crippen molar-refractivity contribution in [3.05, 3.63) is 11.6 Å². The van der Waals surface area contributed by atoms with Crippen molar-refractivity contribution in [2.45, 2.75) is 254 Å². The largest absolute Gasteiger partial charge is 0.462 e. The molecule has 0 aromatic heterocycles. The van der Waals surface area contributed by atoms with Crippen LogP contribution < -0.4 is 16.0 Å². The number of fused-ring (bicyclic) bond motifs is 5. The zero-order valence-electron chi connectivity index (χ0n) is 46.2. The van der Waals surface area contributed by atoms with Crippen LogP contribution in [0.2, 0.25) is 0 Å². The third kappa shape index (κ3) is 17.5. The number of nitrogens with zero attached hydrogens (tertiary/aromatic N) is 1. The van der Waals surface area contributed by atoms with Gasteiger partial charge in [0.25, 0.3) is 0 Å². The summed E-state index contributed by atoms with van der Waals surface area (Å²) in [6, 6.07) is 0. The number of carbonyl (C=O) groups is 4. The molecule has 0 aromatic rings. The molecule has 4 rings (SSSR count). The summed E-state index contributed by atoms with van der Waals surface area (Å²) in [7, 11) is 0. The summed E-state index contributed by atoms with van der Waals surface area (Å²) >= 11 is 0. The van der Waals surface area contributed by atoms with Crippen LogP contribution in [0.5, 0.6) is 0 Å². The van der Waals surface area contributed by atoms with Gasteiger partial charge in [-0.2, -0.15) is 0 Å². The second-order valence-corrected chi connectivity index (χ2v) is 26.0. The van der Waals surface area contributed by atoms with Crippen molar-refractivity contribution < 1.29 is 33.4 Å². The topological polar surface area (TPSA) is 135 Å². The molecule has 11 heteroatoms. The molecule has 68 heavy (non-hydrogen) atoms. The first-order valence-corrected chi connectivity index (χ1v) is 27.5. The van der Waals surface area contributed by atoms with E-state index in [0.717, 1.165) is 87.1 Å². The lowest BCUT2D eigenvalue weighted by molar-refractivity contribution is -0.151. The van der Waals surface area contributed by atoms with E-state index in [4.69, 9.17) is 14.2 Å². The Labute approximate surface area is 415 Å². The summed E-state index contributed by atoms with van der Waals surface area (Å²) in [4.78, 5) is 54.0. The molecule has 0 aromatic carbocycles. The molecule has 0 saturated heterocycles. The summed E-state index contributed by atoms with van der Waals surface area (Å²) < 4.78 is 17.1. The summed E-state index contributed by atoms with van der Waals surface area (Å²) in [6.07, 6.45) is 20.5. The van der Waals surface area contributed by atoms with Crippen molar-refractivity contribution in [2.24, 2.45) is 46.3 Å². The third-order valence-electron chi connectivity index (χ3n) is 16.9. The van der Waals surface area contributed by atoms with E-state index in [0.29, 0.717) is 31.3 Å². The van der Waals surface area contributed by atoms with E-state index < -0.39 is 34.5 Å². The van der Waals surface area contributed by atoms with Crippen molar-refractivity contribution in [3.8, 4) is 0 Å². The highest BCUT2D eigenvalue weighted by molar-refractivity contribution is 5.77. The van der Waals surface area contributed by atoms with E-state index in [-0.39, 0.29) is 36.2 Å². The Bertz CT molecular complexity index is 1680. The van der Waals surface area contributed by atoms with Crippen molar-refractivity contribution in [3.63, 3.8) is 0 Å². The van der Waals surface area contributed by atoms with Crippen LogP contribution in [-0.4, -0.2) is 83.5 Å². The lowest BCUT2D eigenvalue weighted by Gasteiger charge is -2.58. The highest BCUT2D eigenvalue weighted by atomic mass is 16.6. The molecule has 3 saturated carbocycles. The van der Waals surface area contributed by atoms with Crippen LogP contribution in [0.15, 0.2) is 11.6 Å². The molecule has 4 aliphatic rings. The highest BCUT2D eigenvalue weighted by Crippen LogP contribution is 2.67. The predicted molar refractivity (Wildman–Crippen MR) is 276 cm³/mol. The Kier molecular flexibility index (Phi) is 20.8. The van der Waals surface area contributed by atoms with E-state index in [9.17, 15) is 19.2 Å². The number of amides is 3. The minimum Gasteiger partial charge on any atom is -0.462 e. The number of ether oxygens (including phenoxy) is 3. The quantitative estimate of drug-likeness (QED) is 0.0377. The van der Waals surface area contributed by atoms with Crippen molar-refractivity contribution >= 4 is 24.1 Å². The summed E-state index contributed by atoms with van der Waals surface area (Å²) in [6.45, 7) is 33.9. The van der Waals surface area contributed by atoms with Gasteiger partial charge in [-0.3, -0.25) is 9.59 Å². The molecule has 4 aliphatic carbocycles. The molecule has 392 valence electrons. The average Bonchev–Trinajstić information content (AvgIpc) is 3.54. The molecule has 11 nitrogen and oxygen atoms in total. The number of nitrogens with one attached hydrogen (secondary N) is 3. The van der Waals surface area contributed by atoms with E-state index in [2.05, 4.69) is 56.6 Å². The maximum Gasteiger partial charge on any atom is 0.408 e. The van der Waals surface area contributed by atoms with Crippen LogP contribution in [-0.2, 0) is 23.8 Å². The molecular weight excluding hydrogens is 853 g/mol. The van der Waals surface area contributed by atoms with Crippen LogP contribution in [0.3, 0.4) is 0 Å². The van der Waals surface area contributed by atoms with Gasteiger partial charge in [0.05, 0.1) is 0 Å². The molecule has 0 radical (unpaired) electrons. The number of allylic oxidation sites excluding steroid dienone is 1. The summed E-state index contributed by atoms with van der Waals surface area (Å²) in [5.41, 5.74) is 0.0378. The third-order valence-corrected chi connectivity index (χ3v) is 16.9. The van der Waals surface area contributed by atoms with Crippen LogP contribution >= 0.6 is 0 Å². The first-order chi connectivity index (χ1) is 31.6. The van der Waals surface area contributed by atoms with Crippen molar-refractivity contribution in [1.82, 2.24) is 20.9 Å². The number of alkyl carbamates (subject to hydrolysis) is 2. The fraction of sp³-hybridized carbons (Fsp3) is 0.895. The monoisotopic (exact) mass is 955 g/mol. The molecule has 8 atom stereocenters. The first-order valence-electron chi connectivity index (χ1n) is 27.5. The van der Waals surface area contributed by atoms with Gasteiger partial charge in [0.1, 0.15) is 17.3 Å². The fourth-order valence-electron chi connectivity index (χ4n) is 12.9. The van der Waals surface area contributed by atoms with Gasteiger partial charge in [-0.25, -0.2) is 9.59 Å². The lowest BCUT2D eigenvalue weighted by atomic mass is 9.47. The van der Waals surface area contributed by atoms with Crippen molar-refractivity contribution in [2.75, 3.05) is 26.2 Å². The van der Waals surface area contributed by atoms with Gasteiger partial charge in [0.2, 0.25) is 5.91 Å².